The number of fused-ring (bicyclic) bond motifs is 2. The Bertz CT molecular complexity index is 1480. The van der Waals surface area contributed by atoms with Crippen LogP contribution in [0.4, 0.5) is 0 Å². The summed E-state index contributed by atoms with van der Waals surface area (Å²) in [5.41, 5.74) is 2.09. The number of aryl methyl sites for hydroxylation is 1. The van der Waals surface area contributed by atoms with E-state index in [4.69, 9.17) is 13.6 Å². The Hall–Kier alpha value is -3.68. The molecule has 2 aromatic heterocycles. The van der Waals surface area contributed by atoms with E-state index in [1.165, 1.54) is 16.3 Å². The Kier molecular flexibility index (Phi) is 6.17. The molecule has 0 aliphatic carbocycles. The Balaban J connectivity index is 1.04. The van der Waals surface area contributed by atoms with Gasteiger partial charge >= 0.3 is 0 Å². The van der Waals surface area contributed by atoms with E-state index in [2.05, 4.69) is 57.6 Å². The highest BCUT2D eigenvalue weighted by atomic mass is 16.5. The van der Waals surface area contributed by atoms with E-state index in [-0.39, 0.29) is 6.61 Å². The maximum Gasteiger partial charge on any atom is 0.283 e. The topological polar surface area (TPSA) is 84.8 Å². The Labute approximate surface area is 209 Å². The van der Waals surface area contributed by atoms with Gasteiger partial charge in [0, 0.05) is 19.5 Å². The second kappa shape index (κ2) is 9.76. The number of furan rings is 1. The van der Waals surface area contributed by atoms with Crippen LogP contribution in [0.15, 0.2) is 75.6 Å². The minimum Gasteiger partial charge on any atom is -0.490 e. The summed E-state index contributed by atoms with van der Waals surface area (Å²) >= 11 is 0. The third-order valence-electron chi connectivity index (χ3n) is 6.99. The number of nitrogens with zero attached hydrogens (tertiary/aromatic N) is 3. The van der Waals surface area contributed by atoms with E-state index in [9.17, 15) is 5.11 Å². The van der Waals surface area contributed by atoms with Crippen molar-refractivity contribution in [2.45, 2.75) is 31.8 Å². The van der Waals surface area contributed by atoms with Crippen LogP contribution in [-0.2, 0) is 0 Å². The van der Waals surface area contributed by atoms with Crippen molar-refractivity contribution in [3.63, 3.8) is 0 Å². The Morgan fingerprint density at radius 3 is 2.61 bits per heavy atom. The van der Waals surface area contributed by atoms with Crippen LogP contribution in [0.5, 0.6) is 5.75 Å². The van der Waals surface area contributed by atoms with Crippen molar-refractivity contribution < 1.29 is 18.7 Å². The molecule has 5 aromatic rings. The highest BCUT2D eigenvalue weighted by Gasteiger charge is 2.23. The lowest BCUT2D eigenvalue weighted by Gasteiger charge is -2.33. The van der Waals surface area contributed by atoms with Crippen molar-refractivity contribution in [2.24, 2.45) is 0 Å². The summed E-state index contributed by atoms with van der Waals surface area (Å²) in [6.07, 6.45) is 1.61. The predicted molar refractivity (Wildman–Crippen MR) is 138 cm³/mol. The number of aliphatic hydroxyl groups excluding tert-OH is 1. The molecule has 3 heterocycles. The van der Waals surface area contributed by atoms with E-state index in [0.717, 1.165) is 31.3 Å². The molecule has 0 saturated carbocycles. The van der Waals surface area contributed by atoms with Crippen molar-refractivity contribution in [1.82, 2.24) is 15.1 Å². The summed E-state index contributed by atoms with van der Waals surface area (Å²) in [4.78, 5) is 2.33. The number of aliphatic hydroxyl groups is 1. The number of β-amino-alcohol motifs (C(OH)–C–C–N with tert-alkyl or cyclic N) is 1. The minimum atomic E-state index is -0.581. The van der Waals surface area contributed by atoms with Gasteiger partial charge in [0.15, 0.2) is 5.76 Å². The van der Waals surface area contributed by atoms with Gasteiger partial charge in [0.05, 0.1) is 5.39 Å². The first-order valence-electron chi connectivity index (χ1n) is 12.5. The van der Waals surface area contributed by atoms with Crippen LogP contribution >= 0.6 is 0 Å². The highest BCUT2D eigenvalue weighted by molar-refractivity contribution is 5.87. The maximum atomic E-state index is 10.7. The SMILES string of the molecule is Cc1nnc(-c2cc3c(OCC(O)CN4CCC(c5ccc6ccccc6c5)CC4)cccc3o2)o1. The summed E-state index contributed by atoms with van der Waals surface area (Å²) in [5, 5.41) is 22.0. The van der Waals surface area contributed by atoms with E-state index in [1.807, 2.05) is 24.3 Å². The first-order valence-corrected chi connectivity index (χ1v) is 12.5. The number of ether oxygens (including phenoxy) is 1. The van der Waals surface area contributed by atoms with Gasteiger partial charge in [-0.15, -0.1) is 10.2 Å². The van der Waals surface area contributed by atoms with Crippen molar-refractivity contribution >= 4 is 21.7 Å². The standard InChI is InChI=1S/C29H29N3O4/c1-19-30-31-29(35-19)28-16-25-26(7-4-8-27(25)36-28)34-18-24(33)17-32-13-11-21(12-14-32)23-10-9-20-5-2-3-6-22(20)15-23/h2-10,15-16,21,24,33H,11-14,17-18H2,1H3. The average molecular weight is 484 g/mol. The van der Waals surface area contributed by atoms with Crippen LogP contribution in [0.2, 0.25) is 0 Å². The molecule has 0 radical (unpaired) electrons. The molecule has 1 N–H and O–H groups in total. The smallest absolute Gasteiger partial charge is 0.283 e. The summed E-state index contributed by atoms with van der Waals surface area (Å²) in [6.45, 7) is 4.49. The summed E-state index contributed by atoms with van der Waals surface area (Å²) < 4.78 is 17.3. The molecule has 1 atom stereocenters. The van der Waals surface area contributed by atoms with Gasteiger partial charge in [-0.3, -0.25) is 0 Å². The largest absolute Gasteiger partial charge is 0.490 e. The Morgan fingerprint density at radius 1 is 0.972 bits per heavy atom. The first kappa shape index (κ1) is 22.8. The molecule has 6 rings (SSSR count). The molecule has 1 aliphatic rings. The number of likely N-dealkylation sites (tertiary alicyclic amines) is 1. The lowest BCUT2D eigenvalue weighted by Crippen LogP contribution is -2.40. The van der Waals surface area contributed by atoms with Crippen molar-refractivity contribution in [3.05, 3.63) is 78.2 Å². The van der Waals surface area contributed by atoms with Gasteiger partial charge in [0.25, 0.3) is 5.89 Å². The molecule has 1 unspecified atom stereocenters. The number of rotatable bonds is 7. The third-order valence-corrected chi connectivity index (χ3v) is 6.99. The van der Waals surface area contributed by atoms with Crippen molar-refractivity contribution in [1.29, 1.82) is 0 Å². The van der Waals surface area contributed by atoms with Gasteiger partial charge in [-0.2, -0.15) is 0 Å². The number of aromatic nitrogens is 2. The molecular formula is C29H29N3O4. The van der Waals surface area contributed by atoms with E-state index >= 15 is 0 Å². The summed E-state index contributed by atoms with van der Waals surface area (Å²) in [5.74, 6) is 2.53. The molecule has 0 amide bonds. The number of benzene rings is 3. The van der Waals surface area contributed by atoms with Gasteiger partial charge in [-0.05, 0) is 60.3 Å². The second-order valence-corrected chi connectivity index (χ2v) is 9.55. The first-order chi connectivity index (χ1) is 17.6. The van der Waals surface area contributed by atoms with Crippen LogP contribution < -0.4 is 4.74 Å². The molecule has 184 valence electrons. The monoisotopic (exact) mass is 483 g/mol. The molecule has 7 heteroatoms. The quantitative estimate of drug-likeness (QED) is 0.324. The molecule has 0 spiro atoms. The van der Waals surface area contributed by atoms with E-state index in [1.54, 1.807) is 6.92 Å². The van der Waals surface area contributed by atoms with Crippen molar-refractivity contribution in [2.75, 3.05) is 26.2 Å². The van der Waals surface area contributed by atoms with Crippen LogP contribution in [-0.4, -0.2) is 52.5 Å². The second-order valence-electron chi connectivity index (χ2n) is 9.55. The zero-order valence-corrected chi connectivity index (χ0v) is 20.3. The van der Waals surface area contributed by atoms with Crippen LogP contribution in [0.1, 0.15) is 30.2 Å². The zero-order valence-electron chi connectivity index (χ0n) is 20.3. The van der Waals surface area contributed by atoms with Crippen molar-refractivity contribution in [3.8, 4) is 17.4 Å². The zero-order chi connectivity index (χ0) is 24.5. The van der Waals surface area contributed by atoms with E-state index in [0.29, 0.717) is 41.3 Å². The minimum absolute atomic E-state index is 0.212. The summed E-state index contributed by atoms with van der Waals surface area (Å²) in [7, 11) is 0. The summed E-state index contributed by atoms with van der Waals surface area (Å²) in [6, 6.07) is 22.8. The van der Waals surface area contributed by atoms with Gasteiger partial charge in [0.2, 0.25) is 5.89 Å². The van der Waals surface area contributed by atoms with Gasteiger partial charge in [-0.1, -0.05) is 48.5 Å². The molecule has 1 aliphatic heterocycles. The average Bonchev–Trinajstić information content (AvgIpc) is 3.54. The van der Waals surface area contributed by atoms with Crippen LogP contribution in [0.25, 0.3) is 33.4 Å². The number of hydrogen-bond donors (Lipinski definition) is 1. The fourth-order valence-corrected chi connectivity index (χ4v) is 5.11. The molecule has 36 heavy (non-hydrogen) atoms. The predicted octanol–water partition coefficient (Wildman–Crippen LogP) is 5.56. The normalized spacial score (nSPS) is 16.1. The lowest BCUT2D eigenvalue weighted by atomic mass is 9.88. The third kappa shape index (κ3) is 4.72. The maximum absolute atomic E-state index is 10.7. The van der Waals surface area contributed by atoms with Crippen LogP contribution in [0, 0.1) is 6.92 Å². The van der Waals surface area contributed by atoms with Crippen LogP contribution in [0.3, 0.4) is 0 Å². The van der Waals surface area contributed by atoms with Gasteiger partial charge < -0.3 is 23.6 Å². The van der Waals surface area contributed by atoms with Gasteiger partial charge in [0.1, 0.15) is 24.0 Å². The number of piperidine rings is 1. The molecule has 7 nitrogen and oxygen atoms in total. The molecule has 3 aromatic carbocycles. The highest BCUT2D eigenvalue weighted by Crippen LogP contribution is 2.33. The lowest BCUT2D eigenvalue weighted by molar-refractivity contribution is 0.0599. The fraction of sp³-hybridized carbons (Fsp3) is 0.310. The molecule has 1 saturated heterocycles. The molecule has 0 bridgehead atoms. The number of hydrogen-bond acceptors (Lipinski definition) is 7. The molecular weight excluding hydrogens is 454 g/mol. The van der Waals surface area contributed by atoms with Gasteiger partial charge in [-0.25, -0.2) is 0 Å². The Morgan fingerprint density at radius 2 is 1.81 bits per heavy atom. The molecule has 1 fully saturated rings. The van der Waals surface area contributed by atoms with E-state index < -0.39 is 6.10 Å². The fourth-order valence-electron chi connectivity index (χ4n) is 5.11.